The number of hydrogen-bond acceptors (Lipinski definition) is 16. The van der Waals surface area contributed by atoms with Crippen molar-refractivity contribution in [2.45, 2.75) is 160 Å². The summed E-state index contributed by atoms with van der Waals surface area (Å²) in [7, 11) is 2.84. The van der Waals surface area contributed by atoms with Crippen LogP contribution in [-0.2, 0) is 63.7 Å². The van der Waals surface area contributed by atoms with Crippen LogP contribution < -0.4 is 10.6 Å². The molecule has 0 radical (unpaired) electrons. The van der Waals surface area contributed by atoms with Crippen molar-refractivity contribution >= 4 is 41.7 Å². The van der Waals surface area contributed by atoms with E-state index in [0.29, 0.717) is 41.5 Å². The molecule has 0 unspecified atom stereocenters. The van der Waals surface area contributed by atoms with E-state index in [4.69, 9.17) is 37.9 Å². The molecule has 3 aromatic carbocycles. The average Bonchev–Trinajstić information content (AvgIpc) is 1.51. The summed E-state index contributed by atoms with van der Waals surface area (Å²) in [6.45, 7) is 13.4. The predicted molar refractivity (Wildman–Crippen MR) is 283 cm³/mol. The van der Waals surface area contributed by atoms with Gasteiger partial charge in [-0.2, -0.15) is 0 Å². The van der Waals surface area contributed by atoms with Crippen LogP contribution in [0.3, 0.4) is 0 Å². The molecule has 3 N–H and O–H groups in total. The maximum atomic E-state index is 15.9. The molecule has 7 rings (SSSR count). The van der Waals surface area contributed by atoms with E-state index in [-0.39, 0.29) is 51.2 Å². The zero-order valence-corrected chi connectivity index (χ0v) is 46.4. The fraction of sp³-hybridized carbons (Fsp3) is 0.550. The first-order chi connectivity index (χ1) is 36.9. The molecule has 3 aliphatic carbocycles. The normalized spacial score (nSPS) is 27.9. The molecule has 11 atom stereocenters. The second kappa shape index (κ2) is 24.3. The topological polar surface area (TPSA) is 238 Å². The standard InChI is InChI=1S/C60H76N2O16/c1-36-43(75-53(67)50(48(40-27-19-13-20-28-40)62-55(69)78-56(3,4)5)76-46(65)29-21-14-22-30-61-54(68)73-34-38-23-15-11-16-24-38)33-60(70)41(31-42(64)39-25-17-12-18-26-39)51-58(8,52(66)49(72-10)47(36)57(60,6)7)44(71-9)32-45-59(51,35-74-45)77-37(2)63/h11-13,15-20,23-28,41,43-45,48-51,70H,14,21-22,29-35H2,1-10H3,(H,61,68)(H,62,69)/t41-,43-,44-,45+,48-,49+,50+,51-,58+,59-,60+/m0/s1. The van der Waals surface area contributed by atoms with Gasteiger partial charge in [0.1, 0.15) is 36.6 Å². The van der Waals surface area contributed by atoms with Gasteiger partial charge in [0, 0.05) is 76.2 Å². The summed E-state index contributed by atoms with van der Waals surface area (Å²) in [6, 6.07) is 24.8. The Morgan fingerprint density at radius 1 is 0.846 bits per heavy atom. The summed E-state index contributed by atoms with van der Waals surface area (Å²) >= 11 is 0. The number of benzene rings is 3. The highest BCUT2D eigenvalue weighted by Crippen LogP contribution is 2.67. The van der Waals surface area contributed by atoms with E-state index < -0.39 is 112 Å². The number of carbonyl (C=O) groups excluding carboxylic acids is 7. The van der Waals surface area contributed by atoms with Gasteiger partial charge in [-0.1, -0.05) is 111 Å². The van der Waals surface area contributed by atoms with Gasteiger partial charge in [-0.25, -0.2) is 14.4 Å². The molecule has 0 spiro atoms. The Balaban J connectivity index is 1.26. The Morgan fingerprint density at radius 2 is 1.49 bits per heavy atom. The quantitative estimate of drug-likeness (QED) is 0.0317. The number of ketones is 2. The van der Waals surface area contributed by atoms with Gasteiger partial charge in [-0.05, 0) is 69.7 Å². The number of unbranched alkanes of at least 4 members (excludes halogenated alkanes) is 2. The van der Waals surface area contributed by atoms with E-state index in [9.17, 15) is 29.1 Å². The van der Waals surface area contributed by atoms with Crippen molar-refractivity contribution < 1.29 is 76.6 Å². The zero-order valence-electron chi connectivity index (χ0n) is 46.4. The first-order valence-corrected chi connectivity index (χ1v) is 26.7. The lowest BCUT2D eigenvalue weighted by Crippen LogP contribution is -2.80. The van der Waals surface area contributed by atoms with Gasteiger partial charge in [0.05, 0.1) is 23.7 Å². The Hall–Kier alpha value is -6.47. The molecular formula is C60H76N2O16. The fourth-order valence-electron chi connectivity index (χ4n) is 12.5. The Kier molecular flexibility index (Phi) is 18.4. The van der Waals surface area contributed by atoms with Crippen LogP contribution in [0.25, 0.3) is 0 Å². The molecule has 0 aromatic heterocycles. The summed E-state index contributed by atoms with van der Waals surface area (Å²) in [6.07, 6.45) is -7.28. The van der Waals surface area contributed by atoms with Crippen LogP contribution >= 0.6 is 0 Å². The van der Waals surface area contributed by atoms with Crippen LogP contribution in [0, 0.1) is 22.7 Å². The van der Waals surface area contributed by atoms with Crippen LogP contribution in [0.15, 0.2) is 102 Å². The Bertz CT molecular complexity index is 2690. The molecule has 18 heteroatoms. The predicted octanol–water partition coefficient (Wildman–Crippen LogP) is 8.27. The SMILES string of the molecule is CO[C@H]1C(=O)[C@]2(C)[C@@H](OC)C[C@H]3OC[C@@]3(OC(C)=O)[C@H]2[C@H](CC(=O)c2ccccc2)[C@]2(O)C[C@H](OC(=O)[C@H](OC(=O)CCCCCNC(=O)OCc3ccccc3)[C@@H](NC(=O)OC(C)(C)C)c3ccccc3)C(C)=C1C2(C)C. The first kappa shape index (κ1) is 59.2. The molecule has 3 fully saturated rings. The van der Waals surface area contributed by atoms with Crippen molar-refractivity contribution in [3.63, 3.8) is 0 Å². The van der Waals surface area contributed by atoms with Crippen molar-refractivity contribution in [3.8, 4) is 0 Å². The van der Waals surface area contributed by atoms with Crippen molar-refractivity contribution in [2.24, 2.45) is 22.7 Å². The number of fused-ring (bicyclic) bond motifs is 5. The molecule has 18 nitrogen and oxygen atoms in total. The van der Waals surface area contributed by atoms with Crippen molar-refractivity contribution in [1.29, 1.82) is 0 Å². The van der Waals surface area contributed by atoms with Crippen LogP contribution in [0.5, 0.6) is 0 Å². The smallest absolute Gasteiger partial charge is 0.408 e. The number of carbonyl (C=O) groups is 7. The number of Topliss-reactive ketones (excluding diaryl/α,β-unsaturated/α-hetero) is 2. The highest BCUT2D eigenvalue weighted by atomic mass is 16.6. The molecule has 4 aliphatic rings. The summed E-state index contributed by atoms with van der Waals surface area (Å²) < 4.78 is 48.4. The summed E-state index contributed by atoms with van der Waals surface area (Å²) in [5, 5.41) is 19.6. The second-order valence-electron chi connectivity index (χ2n) is 22.7. The maximum absolute atomic E-state index is 15.9. The van der Waals surface area contributed by atoms with Crippen LogP contribution in [0.4, 0.5) is 9.59 Å². The minimum Gasteiger partial charge on any atom is -0.455 e. The molecule has 3 aromatic rings. The zero-order chi connectivity index (χ0) is 56.8. The largest absolute Gasteiger partial charge is 0.455 e. The minimum atomic E-state index is -2.09. The minimum absolute atomic E-state index is 0.110. The number of nitrogens with one attached hydrogen (secondary N) is 2. The van der Waals surface area contributed by atoms with Gasteiger partial charge < -0.3 is 53.6 Å². The number of rotatable bonds is 20. The Labute approximate surface area is 456 Å². The number of aliphatic hydroxyl groups is 1. The van der Waals surface area contributed by atoms with Gasteiger partial charge in [0.2, 0.25) is 6.10 Å². The van der Waals surface area contributed by atoms with E-state index >= 15 is 9.59 Å². The average molecular weight is 1080 g/mol. The molecule has 1 heterocycles. The monoisotopic (exact) mass is 1080 g/mol. The molecule has 1 saturated heterocycles. The van der Waals surface area contributed by atoms with E-state index in [1.54, 1.807) is 109 Å². The molecule has 2 saturated carbocycles. The van der Waals surface area contributed by atoms with E-state index in [1.807, 2.05) is 30.3 Å². The first-order valence-electron chi connectivity index (χ1n) is 26.7. The number of amides is 2. The Morgan fingerprint density at radius 3 is 2.08 bits per heavy atom. The number of esters is 3. The third kappa shape index (κ3) is 12.2. The molecule has 2 amide bonds. The number of methoxy groups -OCH3 is 2. The van der Waals surface area contributed by atoms with Crippen molar-refractivity contribution in [2.75, 3.05) is 27.4 Å². The van der Waals surface area contributed by atoms with Gasteiger partial charge in [-0.15, -0.1) is 0 Å². The van der Waals surface area contributed by atoms with Crippen LogP contribution in [0.1, 0.15) is 128 Å². The van der Waals surface area contributed by atoms with Gasteiger partial charge in [-0.3, -0.25) is 19.2 Å². The molecule has 78 heavy (non-hydrogen) atoms. The molecule has 2 bridgehead atoms. The number of hydrogen-bond donors (Lipinski definition) is 3. The molecular weight excluding hydrogens is 1000 g/mol. The number of ether oxygens (including phenoxy) is 8. The molecule has 422 valence electrons. The van der Waals surface area contributed by atoms with Gasteiger partial charge in [0.25, 0.3) is 0 Å². The maximum Gasteiger partial charge on any atom is 0.408 e. The van der Waals surface area contributed by atoms with E-state index in [0.717, 1.165) is 5.56 Å². The summed E-state index contributed by atoms with van der Waals surface area (Å²) in [5.41, 5.74) is -5.42. The molecule has 1 aliphatic heterocycles. The third-order valence-electron chi connectivity index (χ3n) is 16.3. The fourth-order valence-corrected chi connectivity index (χ4v) is 12.5. The third-order valence-corrected chi connectivity index (χ3v) is 16.3. The summed E-state index contributed by atoms with van der Waals surface area (Å²) in [5.74, 6) is -5.79. The van der Waals surface area contributed by atoms with Crippen molar-refractivity contribution in [1.82, 2.24) is 10.6 Å². The lowest BCUT2D eigenvalue weighted by molar-refractivity contribution is -0.341. The highest BCUT2D eigenvalue weighted by molar-refractivity contribution is 5.97. The van der Waals surface area contributed by atoms with Crippen LogP contribution in [-0.4, -0.2) is 121 Å². The van der Waals surface area contributed by atoms with E-state index in [2.05, 4.69) is 10.6 Å². The number of alkyl carbamates (subject to hydrolysis) is 2. The second-order valence-corrected chi connectivity index (χ2v) is 22.7. The van der Waals surface area contributed by atoms with Crippen molar-refractivity contribution in [3.05, 3.63) is 119 Å². The summed E-state index contributed by atoms with van der Waals surface area (Å²) in [4.78, 5) is 99.4. The van der Waals surface area contributed by atoms with Crippen LogP contribution in [0.2, 0.25) is 0 Å². The van der Waals surface area contributed by atoms with Gasteiger partial charge in [0.15, 0.2) is 17.2 Å². The van der Waals surface area contributed by atoms with Gasteiger partial charge >= 0.3 is 30.1 Å². The lowest BCUT2D eigenvalue weighted by Gasteiger charge is -2.68. The van der Waals surface area contributed by atoms with E-state index in [1.165, 1.54) is 21.1 Å². The lowest BCUT2D eigenvalue weighted by atomic mass is 9.41. The highest BCUT2D eigenvalue weighted by Gasteiger charge is 2.77.